The van der Waals surface area contributed by atoms with Crippen molar-refractivity contribution in [3.8, 4) is 5.75 Å². The van der Waals surface area contributed by atoms with Crippen LogP contribution in [0.15, 0.2) is 27.9 Å². The molecule has 5 nitrogen and oxygen atoms in total. The Morgan fingerprint density at radius 1 is 1.36 bits per heavy atom. The number of aromatic nitrogens is 1. The quantitative estimate of drug-likeness (QED) is 0.352. The van der Waals surface area contributed by atoms with Gasteiger partial charge in [-0.1, -0.05) is 61.0 Å². The number of carboxylic acids is 1. The molecular weight excluding hydrogens is 459 g/mol. The molecule has 10 heteroatoms. The number of thiazole rings is 1. The van der Waals surface area contributed by atoms with Gasteiger partial charge in [-0.3, -0.25) is 0 Å². The highest BCUT2D eigenvalue weighted by Crippen LogP contribution is 2.24. The van der Waals surface area contributed by atoms with Crippen LogP contribution >= 0.6 is 58.5 Å². The van der Waals surface area contributed by atoms with Crippen molar-refractivity contribution in [2.24, 2.45) is 0 Å². The average molecular weight is 481 g/mol. The number of rotatable bonds is 8. The molecule has 1 aromatic heterocycles. The fraction of sp³-hybridized carbons (Fsp3) is 0.389. The lowest BCUT2D eigenvalue weighted by atomic mass is 10.2. The maximum Gasteiger partial charge on any atom is 0.355 e. The molecule has 1 unspecified atom stereocenters. The van der Waals surface area contributed by atoms with Crippen LogP contribution in [0.25, 0.3) is 0 Å². The minimum atomic E-state index is -0.954. The second-order valence-corrected chi connectivity index (χ2v) is 9.31. The van der Waals surface area contributed by atoms with Crippen LogP contribution in [0.5, 0.6) is 5.75 Å². The van der Waals surface area contributed by atoms with Gasteiger partial charge in [-0.15, -0.1) is 11.3 Å². The summed E-state index contributed by atoms with van der Waals surface area (Å²) in [6.07, 6.45) is 0.933. The predicted molar refractivity (Wildman–Crippen MR) is 123 cm³/mol. The maximum atomic E-state index is 10.4. The molecule has 154 valence electrons. The van der Waals surface area contributed by atoms with Crippen LogP contribution in [0.3, 0.4) is 0 Å². The van der Waals surface area contributed by atoms with Gasteiger partial charge in [0.2, 0.25) is 0 Å². The Morgan fingerprint density at radius 3 is 2.46 bits per heavy atom. The maximum absolute atomic E-state index is 10.4. The summed E-state index contributed by atoms with van der Waals surface area (Å²) in [5.74, 6) is 0.640. The smallest absolute Gasteiger partial charge is 0.355 e. The molecule has 0 aliphatic heterocycles. The van der Waals surface area contributed by atoms with Crippen molar-refractivity contribution in [3.63, 3.8) is 0 Å². The minimum Gasteiger partial charge on any atom is -0.491 e. The molecule has 0 amide bonds. The zero-order chi connectivity index (χ0) is 21.1. The molecule has 1 heterocycles. The summed E-state index contributed by atoms with van der Waals surface area (Å²) in [4.78, 5) is 15.0. The van der Waals surface area contributed by atoms with Gasteiger partial charge in [-0.2, -0.15) is 0 Å². The normalized spacial score (nSPS) is 11.2. The van der Waals surface area contributed by atoms with Crippen molar-refractivity contribution in [3.05, 3.63) is 39.3 Å². The molecule has 0 spiro atoms. The molecule has 2 aromatic rings. The number of benzene rings is 1. The molecule has 0 bridgehead atoms. The van der Waals surface area contributed by atoms with Gasteiger partial charge in [-0.05, 0) is 37.3 Å². The Bertz CT molecular complexity index is 767. The first kappa shape index (κ1) is 25.0. The monoisotopic (exact) mass is 480 g/mol. The molecule has 1 atom stereocenters. The third kappa shape index (κ3) is 9.93. The van der Waals surface area contributed by atoms with E-state index in [-0.39, 0.29) is 11.7 Å². The van der Waals surface area contributed by atoms with Crippen molar-refractivity contribution >= 4 is 69.5 Å². The highest BCUT2D eigenvalue weighted by atomic mass is 35.5. The molecule has 0 saturated heterocycles. The van der Waals surface area contributed by atoms with Crippen LogP contribution in [0, 0.1) is 0 Å². The van der Waals surface area contributed by atoms with Crippen LogP contribution in [0.1, 0.15) is 37.7 Å². The molecular formula is C18H22Cl2N2O3S3. The van der Waals surface area contributed by atoms with Crippen molar-refractivity contribution < 1.29 is 14.6 Å². The summed E-state index contributed by atoms with van der Waals surface area (Å²) in [6.45, 7) is 6.46. The minimum absolute atomic E-state index is 0.144. The summed E-state index contributed by atoms with van der Waals surface area (Å²) < 4.78 is 6.45. The number of hydrogen-bond acceptors (Lipinski definition) is 6. The Labute approximate surface area is 188 Å². The number of thiocarbonyl (C=S) groups is 1. The number of ether oxygens (including phenoxy) is 1. The van der Waals surface area contributed by atoms with E-state index >= 15 is 0 Å². The van der Waals surface area contributed by atoms with Crippen molar-refractivity contribution in [1.82, 2.24) is 10.3 Å². The number of nitrogens with one attached hydrogen (secondary N) is 1. The Hall–Kier alpha value is -1.06. The molecule has 0 saturated carbocycles. The Balaban J connectivity index is 0.000000307. The third-order valence-electron chi connectivity index (χ3n) is 3.16. The Kier molecular flexibility index (Phi) is 11.8. The second kappa shape index (κ2) is 13.2. The molecule has 2 N–H and O–H groups in total. The van der Waals surface area contributed by atoms with Crippen molar-refractivity contribution in [2.45, 2.75) is 37.6 Å². The zero-order valence-corrected chi connectivity index (χ0v) is 19.7. The van der Waals surface area contributed by atoms with Gasteiger partial charge in [-0.25, -0.2) is 9.78 Å². The van der Waals surface area contributed by atoms with Gasteiger partial charge in [0.15, 0.2) is 10.0 Å². The standard InChI is InChI=1S/C12H15Cl2NOS.C6H7NO2S2/c1-3-11(15-8(2)17)7-16-12-5-9(13)4-10(14)6-12;1-2-10-6-7-4(3-11-6)5(8)9/h4-6,11H,3,7H2,1-2H3,(H,15,17);3H,2H2,1H3,(H,8,9). The molecule has 0 fully saturated rings. The number of hydrogen-bond donors (Lipinski definition) is 2. The zero-order valence-electron chi connectivity index (χ0n) is 15.7. The number of nitrogens with zero attached hydrogens (tertiary/aromatic N) is 1. The highest BCUT2D eigenvalue weighted by Gasteiger charge is 2.08. The van der Waals surface area contributed by atoms with Crippen molar-refractivity contribution in [2.75, 3.05) is 12.4 Å². The fourth-order valence-electron chi connectivity index (χ4n) is 1.90. The first-order valence-corrected chi connectivity index (χ1v) is 11.5. The lowest BCUT2D eigenvalue weighted by Gasteiger charge is -2.18. The number of carbonyl (C=O) groups is 1. The molecule has 0 radical (unpaired) electrons. The third-order valence-corrected chi connectivity index (χ3v) is 5.61. The largest absolute Gasteiger partial charge is 0.491 e. The van der Waals surface area contributed by atoms with Crippen molar-refractivity contribution in [1.29, 1.82) is 0 Å². The summed E-state index contributed by atoms with van der Waals surface area (Å²) in [5, 5.41) is 14.4. The molecule has 28 heavy (non-hydrogen) atoms. The van der Waals surface area contributed by atoms with Gasteiger partial charge in [0, 0.05) is 15.4 Å². The van der Waals surface area contributed by atoms with Crippen LogP contribution in [-0.4, -0.2) is 39.4 Å². The highest BCUT2D eigenvalue weighted by molar-refractivity contribution is 8.00. The lowest BCUT2D eigenvalue weighted by Crippen LogP contribution is -2.36. The average Bonchev–Trinajstić information content (AvgIpc) is 3.07. The lowest BCUT2D eigenvalue weighted by molar-refractivity contribution is 0.0691. The fourth-order valence-corrected chi connectivity index (χ4v) is 4.27. The molecule has 2 rings (SSSR count). The van der Waals surface area contributed by atoms with Crippen LogP contribution in [-0.2, 0) is 0 Å². The second-order valence-electron chi connectivity index (χ2n) is 5.46. The van der Waals surface area contributed by atoms with E-state index in [9.17, 15) is 4.79 Å². The van der Waals surface area contributed by atoms with E-state index in [1.54, 1.807) is 35.3 Å². The van der Waals surface area contributed by atoms with Crippen LogP contribution in [0.4, 0.5) is 0 Å². The van der Waals surface area contributed by atoms with Gasteiger partial charge >= 0.3 is 5.97 Å². The van der Waals surface area contributed by atoms with Crippen LogP contribution in [0.2, 0.25) is 10.0 Å². The van der Waals surface area contributed by atoms with E-state index in [0.717, 1.165) is 21.5 Å². The van der Waals surface area contributed by atoms with E-state index in [1.165, 1.54) is 11.3 Å². The van der Waals surface area contributed by atoms with E-state index in [0.29, 0.717) is 22.4 Å². The number of carboxylic acid groups (broad SMARTS) is 1. The number of thioether (sulfide) groups is 1. The summed E-state index contributed by atoms with van der Waals surface area (Å²) in [6, 6.07) is 5.35. The van der Waals surface area contributed by atoms with Gasteiger partial charge < -0.3 is 15.2 Å². The molecule has 0 aliphatic carbocycles. The number of halogens is 2. The summed E-state index contributed by atoms with van der Waals surface area (Å²) >= 11 is 19.7. The van der Waals surface area contributed by atoms with E-state index in [2.05, 4.69) is 17.2 Å². The summed E-state index contributed by atoms with van der Waals surface area (Å²) in [7, 11) is 0. The number of aromatic carboxylic acids is 1. The SMILES string of the molecule is CCC(COc1cc(Cl)cc(Cl)c1)NC(C)=S.CCSc1nc(C(=O)O)cs1. The topological polar surface area (TPSA) is 71.5 Å². The van der Waals surface area contributed by atoms with Gasteiger partial charge in [0.05, 0.1) is 11.0 Å². The first-order chi connectivity index (χ1) is 13.2. The predicted octanol–water partition coefficient (Wildman–Crippen LogP) is 6.04. The van der Waals surface area contributed by atoms with E-state index in [4.69, 9.17) is 45.3 Å². The van der Waals surface area contributed by atoms with Crippen LogP contribution < -0.4 is 10.1 Å². The Morgan fingerprint density at radius 2 is 2.00 bits per heavy atom. The molecule has 0 aliphatic rings. The first-order valence-electron chi connectivity index (χ1n) is 8.42. The summed E-state index contributed by atoms with van der Waals surface area (Å²) in [5.41, 5.74) is 0.144. The van der Waals surface area contributed by atoms with E-state index < -0.39 is 5.97 Å². The van der Waals surface area contributed by atoms with Gasteiger partial charge in [0.1, 0.15) is 12.4 Å². The van der Waals surface area contributed by atoms with Gasteiger partial charge in [0.25, 0.3) is 0 Å². The van der Waals surface area contributed by atoms with E-state index in [1.807, 2.05) is 13.8 Å². The molecule has 1 aromatic carbocycles.